The first-order valence-corrected chi connectivity index (χ1v) is 5.87. The molecule has 0 fully saturated rings. The molecule has 20 heavy (non-hydrogen) atoms. The molecule has 0 spiro atoms. The Bertz CT molecular complexity index is 558. The second-order valence-electron chi connectivity index (χ2n) is 3.90. The summed E-state index contributed by atoms with van der Waals surface area (Å²) >= 11 is 0. The lowest BCUT2D eigenvalue weighted by molar-refractivity contribution is -0.138. The number of alkyl halides is 3. The zero-order valence-electron chi connectivity index (χ0n) is 11.0. The Morgan fingerprint density at radius 1 is 1.30 bits per heavy atom. The molecule has 0 saturated carbocycles. The topological polar surface area (TPSA) is 26.3 Å². The first kappa shape index (κ1) is 15.8. The van der Waals surface area contributed by atoms with Gasteiger partial charge in [-0.15, -0.1) is 0 Å². The molecule has 0 saturated heterocycles. The normalized spacial score (nSPS) is 11.6. The van der Waals surface area contributed by atoms with Crippen molar-refractivity contribution in [2.75, 3.05) is 6.61 Å². The Morgan fingerprint density at radius 2 is 1.90 bits per heavy atom. The smallest absolute Gasteiger partial charge is 0.416 e. The van der Waals surface area contributed by atoms with Crippen LogP contribution in [0.1, 0.15) is 25.0 Å². The van der Waals surface area contributed by atoms with E-state index in [1.807, 2.05) is 0 Å². The molecule has 1 aromatic rings. The third-order valence-corrected chi connectivity index (χ3v) is 2.24. The Morgan fingerprint density at radius 3 is 2.40 bits per heavy atom. The second-order valence-corrected chi connectivity index (χ2v) is 3.90. The molecule has 0 aliphatic heterocycles. The fraction of sp³-hybridized carbons (Fsp3) is 0.267. The number of halogens is 3. The molecule has 0 atom stereocenters. The summed E-state index contributed by atoms with van der Waals surface area (Å²) in [5.74, 6) is 4.86. The monoisotopic (exact) mass is 282 g/mol. The van der Waals surface area contributed by atoms with Gasteiger partial charge in [0.15, 0.2) is 0 Å². The number of allylic oxidation sites excluding steroid dienone is 1. The van der Waals surface area contributed by atoms with Crippen LogP contribution in [0.25, 0.3) is 0 Å². The molecule has 0 heterocycles. The van der Waals surface area contributed by atoms with E-state index in [-0.39, 0.29) is 6.61 Å². The summed E-state index contributed by atoms with van der Waals surface area (Å²) in [7, 11) is 0. The van der Waals surface area contributed by atoms with Gasteiger partial charge in [-0.05, 0) is 38.1 Å². The predicted molar refractivity (Wildman–Crippen MR) is 68.7 cm³/mol. The van der Waals surface area contributed by atoms with E-state index in [9.17, 15) is 18.0 Å². The van der Waals surface area contributed by atoms with Crippen molar-refractivity contribution in [3.05, 3.63) is 47.0 Å². The predicted octanol–water partition coefficient (Wildman–Crippen LogP) is 3.57. The van der Waals surface area contributed by atoms with E-state index in [1.165, 1.54) is 18.2 Å². The van der Waals surface area contributed by atoms with Crippen LogP contribution in [0.4, 0.5) is 13.2 Å². The van der Waals surface area contributed by atoms with Crippen molar-refractivity contribution < 1.29 is 22.7 Å². The number of carbonyl (C=O) groups excluding carboxylic acids is 1. The first-order chi connectivity index (χ1) is 9.32. The van der Waals surface area contributed by atoms with E-state index in [0.29, 0.717) is 11.1 Å². The van der Waals surface area contributed by atoms with E-state index in [1.54, 1.807) is 13.8 Å². The molecule has 5 heteroatoms. The number of benzene rings is 1. The highest BCUT2D eigenvalue weighted by Gasteiger charge is 2.29. The van der Waals surface area contributed by atoms with Crippen LogP contribution in [0.3, 0.4) is 0 Å². The lowest BCUT2D eigenvalue weighted by Gasteiger charge is -2.05. The summed E-state index contributed by atoms with van der Waals surface area (Å²) in [4.78, 5) is 11.1. The van der Waals surface area contributed by atoms with Gasteiger partial charge in [0.2, 0.25) is 0 Å². The zero-order valence-corrected chi connectivity index (χ0v) is 11.0. The molecule has 1 aromatic carbocycles. The van der Waals surface area contributed by atoms with Gasteiger partial charge in [-0.3, -0.25) is 0 Å². The van der Waals surface area contributed by atoms with Crippen molar-refractivity contribution in [3.8, 4) is 11.8 Å². The lowest BCUT2D eigenvalue weighted by atomic mass is 10.1. The fourth-order valence-electron chi connectivity index (χ4n) is 1.31. The highest BCUT2D eigenvalue weighted by molar-refractivity contribution is 5.83. The largest absolute Gasteiger partial charge is 0.463 e. The maximum absolute atomic E-state index is 12.4. The van der Waals surface area contributed by atoms with Crippen molar-refractivity contribution in [3.63, 3.8) is 0 Å². The van der Waals surface area contributed by atoms with Gasteiger partial charge >= 0.3 is 12.1 Å². The van der Waals surface area contributed by atoms with Crippen LogP contribution < -0.4 is 0 Å². The van der Waals surface area contributed by atoms with Gasteiger partial charge in [-0.1, -0.05) is 11.8 Å². The summed E-state index contributed by atoms with van der Waals surface area (Å²) in [5.41, 5.74) is 0.194. The van der Waals surface area contributed by atoms with Crippen molar-refractivity contribution in [2.24, 2.45) is 0 Å². The van der Waals surface area contributed by atoms with Crippen LogP contribution in [0.15, 0.2) is 35.9 Å². The molecular weight excluding hydrogens is 269 g/mol. The average molecular weight is 282 g/mol. The standard InChI is InChI=1S/C15H13F3O2/c1-3-20-14(19)10-11(2)4-5-12-6-8-13(9-7-12)15(16,17)18/h6-10H,3H2,1-2H3/b11-10+. The van der Waals surface area contributed by atoms with E-state index < -0.39 is 17.7 Å². The van der Waals surface area contributed by atoms with Crippen LogP contribution in [-0.2, 0) is 15.7 Å². The number of esters is 1. The third kappa shape index (κ3) is 5.19. The van der Waals surface area contributed by atoms with Gasteiger partial charge in [-0.2, -0.15) is 13.2 Å². The highest BCUT2D eigenvalue weighted by Crippen LogP contribution is 2.28. The molecule has 0 aromatic heterocycles. The van der Waals surface area contributed by atoms with Crippen LogP contribution in [0, 0.1) is 11.8 Å². The number of rotatable bonds is 2. The molecule has 0 aliphatic carbocycles. The summed E-state index contributed by atoms with van der Waals surface area (Å²) in [6, 6.07) is 4.50. The Hall–Kier alpha value is -2.22. The van der Waals surface area contributed by atoms with Crippen LogP contribution in [-0.4, -0.2) is 12.6 Å². The molecule has 2 nitrogen and oxygen atoms in total. The van der Waals surface area contributed by atoms with E-state index in [2.05, 4.69) is 11.8 Å². The molecule has 0 amide bonds. The molecule has 0 bridgehead atoms. The fourth-order valence-corrected chi connectivity index (χ4v) is 1.31. The second kappa shape index (κ2) is 6.80. The minimum Gasteiger partial charge on any atom is -0.463 e. The minimum atomic E-state index is -4.36. The van der Waals surface area contributed by atoms with Crippen LogP contribution in [0.5, 0.6) is 0 Å². The first-order valence-electron chi connectivity index (χ1n) is 5.87. The van der Waals surface area contributed by atoms with E-state index >= 15 is 0 Å². The molecule has 0 radical (unpaired) electrons. The van der Waals surface area contributed by atoms with Gasteiger partial charge in [-0.25, -0.2) is 4.79 Å². The maximum atomic E-state index is 12.4. The highest BCUT2D eigenvalue weighted by atomic mass is 19.4. The average Bonchev–Trinajstić information content (AvgIpc) is 2.36. The maximum Gasteiger partial charge on any atom is 0.416 e. The lowest BCUT2D eigenvalue weighted by Crippen LogP contribution is -2.04. The molecule has 106 valence electrons. The number of hydrogen-bond donors (Lipinski definition) is 0. The SMILES string of the molecule is CCOC(=O)/C=C(\C)C#Cc1ccc(C(F)(F)F)cc1. The summed E-state index contributed by atoms with van der Waals surface area (Å²) in [6.45, 7) is 3.58. The Balaban J connectivity index is 2.80. The summed E-state index contributed by atoms with van der Waals surface area (Å²) < 4.78 is 41.8. The Kier molecular flexibility index (Phi) is 5.39. The van der Waals surface area contributed by atoms with Crippen molar-refractivity contribution in [2.45, 2.75) is 20.0 Å². The number of ether oxygens (including phenoxy) is 1. The van der Waals surface area contributed by atoms with Gasteiger partial charge < -0.3 is 4.74 Å². The van der Waals surface area contributed by atoms with Gasteiger partial charge in [0, 0.05) is 17.2 Å². The molecule has 0 unspecified atom stereocenters. The van der Waals surface area contributed by atoms with Crippen molar-refractivity contribution >= 4 is 5.97 Å². The van der Waals surface area contributed by atoms with Crippen LogP contribution in [0.2, 0.25) is 0 Å². The van der Waals surface area contributed by atoms with Gasteiger partial charge in [0.25, 0.3) is 0 Å². The van der Waals surface area contributed by atoms with E-state index in [4.69, 9.17) is 4.74 Å². The minimum absolute atomic E-state index is 0.273. The van der Waals surface area contributed by atoms with E-state index in [0.717, 1.165) is 12.1 Å². The molecule has 1 rings (SSSR count). The van der Waals surface area contributed by atoms with Crippen molar-refractivity contribution in [1.82, 2.24) is 0 Å². The van der Waals surface area contributed by atoms with Gasteiger partial charge in [0.05, 0.1) is 12.2 Å². The zero-order chi connectivity index (χ0) is 15.2. The molecule has 0 aliphatic rings. The summed E-state index contributed by atoms with van der Waals surface area (Å²) in [6.07, 6.45) is -3.12. The molecular formula is C15H13F3O2. The van der Waals surface area contributed by atoms with Crippen molar-refractivity contribution in [1.29, 1.82) is 0 Å². The summed E-state index contributed by atoms with van der Waals surface area (Å²) in [5, 5.41) is 0. The van der Waals surface area contributed by atoms with Gasteiger partial charge in [0.1, 0.15) is 0 Å². The third-order valence-electron chi connectivity index (χ3n) is 2.24. The number of carbonyl (C=O) groups is 1. The van der Waals surface area contributed by atoms with Crippen LogP contribution >= 0.6 is 0 Å². The number of hydrogen-bond acceptors (Lipinski definition) is 2. The Labute approximate surface area is 115 Å². The molecule has 0 N–H and O–H groups in total. The quantitative estimate of drug-likeness (QED) is 0.471.